The number of phenols is 1. The molecule has 0 radical (unpaired) electrons. The number of rotatable bonds is 4. The summed E-state index contributed by atoms with van der Waals surface area (Å²) in [4.78, 5) is 37.2. The Kier molecular flexibility index (Phi) is 4.90. The molecule has 1 saturated heterocycles. The number of hydrogen-bond donors (Lipinski definition) is 3. The molecule has 8 heteroatoms. The summed E-state index contributed by atoms with van der Waals surface area (Å²) in [5.41, 5.74) is 1.07. The van der Waals surface area contributed by atoms with Crippen molar-refractivity contribution >= 4 is 41.2 Å². The third-order valence-electron chi connectivity index (χ3n) is 3.57. The van der Waals surface area contributed by atoms with Crippen molar-refractivity contribution in [1.29, 1.82) is 0 Å². The van der Waals surface area contributed by atoms with Crippen LogP contribution in [0.2, 0.25) is 5.02 Å². The van der Waals surface area contributed by atoms with Gasteiger partial charge < -0.3 is 15.7 Å². The van der Waals surface area contributed by atoms with E-state index in [2.05, 4.69) is 10.6 Å². The van der Waals surface area contributed by atoms with Crippen LogP contribution in [0, 0.1) is 0 Å². The summed E-state index contributed by atoms with van der Waals surface area (Å²) >= 11 is 5.78. The lowest BCUT2D eigenvalue weighted by Gasteiger charge is -2.12. The summed E-state index contributed by atoms with van der Waals surface area (Å²) in [6.07, 6.45) is 1.43. The van der Waals surface area contributed by atoms with Gasteiger partial charge in [-0.2, -0.15) is 0 Å². The lowest BCUT2D eigenvalue weighted by molar-refractivity contribution is -0.127. The fourth-order valence-corrected chi connectivity index (χ4v) is 2.50. The average molecular weight is 372 g/mol. The maximum atomic E-state index is 12.4. The van der Waals surface area contributed by atoms with Crippen molar-refractivity contribution in [2.24, 2.45) is 0 Å². The summed E-state index contributed by atoms with van der Waals surface area (Å²) in [5.74, 6) is -1.10. The van der Waals surface area contributed by atoms with Crippen molar-refractivity contribution in [1.82, 2.24) is 10.2 Å². The number of halogens is 1. The van der Waals surface area contributed by atoms with Crippen molar-refractivity contribution < 1.29 is 19.5 Å². The molecule has 26 heavy (non-hydrogen) atoms. The number of amides is 4. The SMILES string of the molecule is O=C(CN1C(=O)N/C(=C\c2cccc(O)c2)C1=O)Nc1ccc(Cl)cc1. The van der Waals surface area contributed by atoms with Gasteiger partial charge in [0.1, 0.15) is 18.0 Å². The monoisotopic (exact) mass is 371 g/mol. The largest absolute Gasteiger partial charge is 0.508 e. The zero-order valence-corrected chi connectivity index (χ0v) is 14.2. The highest BCUT2D eigenvalue weighted by Crippen LogP contribution is 2.18. The van der Waals surface area contributed by atoms with Crippen LogP contribution in [0.25, 0.3) is 6.08 Å². The van der Waals surface area contributed by atoms with Crippen LogP contribution in [-0.4, -0.2) is 34.4 Å². The Labute approximate surface area is 153 Å². The van der Waals surface area contributed by atoms with E-state index < -0.39 is 24.4 Å². The van der Waals surface area contributed by atoms with Crippen molar-refractivity contribution in [3.63, 3.8) is 0 Å². The molecular formula is C18H14ClN3O4. The van der Waals surface area contributed by atoms with Gasteiger partial charge in [0, 0.05) is 10.7 Å². The van der Waals surface area contributed by atoms with E-state index in [0.717, 1.165) is 4.90 Å². The van der Waals surface area contributed by atoms with Gasteiger partial charge in [-0.05, 0) is 48.0 Å². The second kappa shape index (κ2) is 7.28. The molecule has 1 fully saturated rings. The standard InChI is InChI=1S/C18H14ClN3O4/c19-12-4-6-13(7-5-12)20-16(24)10-22-17(25)15(21-18(22)26)9-11-2-1-3-14(23)8-11/h1-9,23H,10H2,(H,20,24)(H,21,26)/b15-9-. The molecule has 0 aliphatic carbocycles. The van der Waals surface area contributed by atoms with E-state index in [1.807, 2.05) is 0 Å². The lowest BCUT2D eigenvalue weighted by atomic mass is 10.2. The van der Waals surface area contributed by atoms with Gasteiger partial charge in [0.15, 0.2) is 0 Å². The van der Waals surface area contributed by atoms with E-state index in [1.54, 1.807) is 36.4 Å². The van der Waals surface area contributed by atoms with E-state index in [1.165, 1.54) is 18.2 Å². The molecular weight excluding hydrogens is 358 g/mol. The number of urea groups is 1. The van der Waals surface area contributed by atoms with E-state index in [9.17, 15) is 19.5 Å². The van der Waals surface area contributed by atoms with Crippen molar-refractivity contribution in [3.8, 4) is 5.75 Å². The Bertz CT molecular complexity index is 909. The average Bonchev–Trinajstić information content (AvgIpc) is 2.84. The summed E-state index contributed by atoms with van der Waals surface area (Å²) in [6.45, 7) is -0.426. The first-order chi connectivity index (χ1) is 12.4. The van der Waals surface area contributed by atoms with Gasteiger partial charge in [0.25, 0.3) is 5.91 Å². The van der Waals surface area contributed by atoms with Crippen molar-refractivity contribution in [3.05, 3.63) is 64.8 Å². The van der Waals surface area contributed by atoms with Crippen LogP contribution in [0.5, 0.6) is 5.75 Å². The molecule has 0 bridgehead atoms. The normalized spacial score (nSPS) is 15.3. The van der Waals surface area contributed by atoms with Crippen molar-refractivity contribution in [2.75, 3.05) is 11.9 Å². The van der Waals surface area contributed by atoms with Crippen LogP contribution in [0.3, 0.4) is 0 Å². The number of anilines is 1. The summed E-state index contributed by atoms with van der Waals surface area (Å²) in [5, 5.41) is 15.0. The van der Waals surface area contributed by atoms with Gasteiger partial charge in [-0.15, -0.1) is 0 Å². The Balaban J connectivity index is 1.69. The molecule has 0 unspecified atom stereocenters. The second-order valence-electron chi connectivity index (χ2n) is 5.53. The molecule has 0 aromatic heterocycles. The quantitative estimate of drug-likeness (QED) is 0.568. The fourth-order valence-electron chi connectivity index (χ4n) is 2.37. The number of aromatic hydroxyl groups is 1. The number of carbonyl (C=O) groups is 3. The highest BCUT2D eigenvalue weighted by atomic mass is 35.5. The predicted octanol–water partition coefficient (Wildman–Crippen LogP) is 2.58. The van der Waals surface area contributed by atoms with Crippen LogP contribution < -0.4 is 10.6 Å². The van der Waals surface area contributed by atoms with E-state index >= 15 is 0 Å². The van der Waals surface area contributed by atoms with Crippen LogP contribution in [0.1, 0.15) is 5.56 Å². The molecule has 3 rings (SSSR count). The molecule has 2 aromatic carbocycles. The topological polar surface area (TPSA) is 98.7 Å². The Morgan fingerprint density at radius 2 is 1.92 bits per heavy atom. The number of carbonyl (C=O) groups excluding carboxylic acids is 3. The van der Waals surface area contributed by atoms with Crippen LogP contribution in [0.4, 0.5) is 10.5 Å². The number of hydrogen-bond acceptors (Lipinski definition) is 4. The maximum Gasteiger partial charge on any atom is 0.329 e. The van der Waals surface area contributed by atoms with Crippen molar-refractivity contribution in [2.45, 2.75) is 0 Å². The van der Waals surface area contributed by atoms with Gasteiger partial charge in [0.2, 0.25) is 5.91 Å². The van der Waals surface area contributed by atoms with E-state index in [-0.39, 0.29) is 11.4 Å². The minimum Gasteiger partial charge on any atom is -0.508 e. The number of benzene rings is 2. The van der Waals surface area contributed by atoms with Gasteiger partial charge in [-0.1, -0.05) is 23.7 Å². The first-order valence-electron chi connectivity index (χ1n) is 7.61. The minimum atomic E-state index is -0.687. The third-order valence-corrected chi connectivity index (χ3v) is 3.83. The highest BCUT2D eigenvalue weighted by Gasteiger charge is 2.34. The minimum absolute atomic E-state index is 0.0277. The second-order valence-corrected chi connectivity index (χ2v) is 5.97. The number of nitrogens with zero attached hydrogens (tertiary/aromatic N) is 1. The molecule has 1 aliphatic rings. The fraction of sp³-hybridized carbons (Fsp3) is 0.0556. The number of imide groups is 1. The van der Waals surface area contributed by atoms with Gasteiger partial charge in [-0.25, -0.2) is 9.69 Å². The molecule has 0 spiro atoms. The van der Waals surface area contributed by atoms with Crippen LogP contribution in [0.15, 0.2) is 54.2 Å². The predicted molar refractivity (Wildman–Crippen MR) is 96.4 cm³/mol. The lowest BCUT2D eigenvalue weighted by Crippen LogP contribution is -2.38. The first kappa shape index (κ1) is 17.5. The van der Waals surface area contributed by atoms with Crippen LogP contribution in [-0.2, 0) is 9.59 Å². The Morgan fingerprint density at radius 1 is 1.19 bits per heavy atom. The molecule has 1 heterocycles. The van der Waals surface area contributed by atoms with Gasteiger partial charge in [-0.3, -0.25) is 9.59 Å². The zero-order chi connectivity index (χ0) is 18.7. The summed E-state index contributed by atoms with van der Waals surface area (Å²) < 4.78 is 0. The molecule has 1 aliphatic heterocycles. The molecule has 4 amide bonds. The third kappa shape index (κ3) is 4.01. The molecule has 2 aromatic rings. The number of phenolic OH excluding ortho intramolecular Hbond substituents is 1. The Hall–Kier alpha value is -3.32. The van der Waals surface area contributed by atoms with E-state index in [0.29, 0.717) is 16.3 Å². The maximum absolute atomic E-state index is 12.4. The number of nitrogens with one attached hydrogen (secondary N) is 2. The summed E-state index contributed by atoms with van der Waals surface area (Å²) in [7, 11) is 0. The zero-order valence-electron chi connectivity index (χ0n) is 13.4. The molecule has 7 nitrogen and oxygen atoms in total. The molecule has 132 valence electrons. The smallest absolute Gasteiger partial charge is 0.329 e. The summed E-state index contributed by atoms with van der Waals surface area (Å²) in [6, 6.07) is 12.0. The Morgan fingerprint density at radius 3 is 2.62 bits per heavy atom. The van der Waals surface area contributed by atoms with Gasteiger partial charge in [0.05, 0.1) is 0 Å². The van der Waals surface area contributed by atoms with Crippen LogP contribution >= 0.6 is 11.6 Å². The molecule has 0 saturated carbocycles. The van der Waals surface area contributed by atoms with Gasteiger partial charge >= 0.3 is 6.03 Å². The first-order valence-corrected chi connectivity index (χ1v) is 7.99. The highest BCUT2D eigenvalue weighted by molar-refractivity contribution is 6.30. The molecule has 0 atom stereocenters. The molecule has 3 N–H and O–H groups in total. The van der Waals surface area contributed by atoms with E-state index in [4.69, 9.17) is 11.6 Å².